The lowest BCUT2D eigenvalue weighted by atomic mass is 10.2. The summed E-state index contributed by atoms with van der Waals surface area (Å²) in [5, 5.41) is 6.86. The fourth-order valence-corrected chi connectivity index (χ4v) is 1.88. The summed E-state index contributed by atoms with van der Waals surface area (Å²) >= 11 is 11.7. The number of aromatic nitrogens is 1. The predicted octanol–water partition coefficient (Wildman–Crippen LogP) is 2.48. The van der Waals surface area contributed by atoms with Crippen LogP contribution in [0.1, 0.15) is 5.56 Å². The second-order valence-corrected chi connectivity index (χ2v) is 4.88. The standard InChI is InChI=1S/C14H10Cl2N4O2/c15-10-5-4-9(11(16)7-10)8-18-20-14(22)13(21)19-12-3-1-2-6-17-12/h1-8H,(H,20,22)(H,17,19,21)/b18-8+. The summed E-state index contributed by atoms with van der Waals surface area (Å²) in [4.78, 5) is 27.0. The van der Waals surface area contributed by atoms with E-state index in [1.807, 2.05) is 0 Å². The number of rotatable bonds is 3. The van der Waals surface area contributed by atoms with E-state index in [-0.39, 0.29) is 5.82 Å². The number of anilines is 1. The Kier molecular flexibility index (Phi) is 5.46. The fraction of sp³-hybridized carbons (Fsp3) is 0. The Hall–Kier alpha value is -2.44. The molecule has 0 unspecified atom stereocenters. The second-order valence-electron chi connectivity index (χ2n) is 4.03. The van der Waals surface area contributed by atoms with Crippen molar-refractivity contribution in [2.45, 2.75) is 0 Å². The molecule has 0 aliphatic heterocycles. The first kappa shape index (κ1) is 15.9. The van der Waals surface area contributed by atoms with Gasteiger partial charge in [-0.1, -0.05) is 35.3 Å². The molecule has 0 aliphatic rings. The van der Waals surface area contributed by atoms with E-state index >= 15 is 0 Å². The molecule has 2 rings (SSSR count). The molecular weight excluding hydrogens is 327 g/mol. The van der Waals surface area contributed by atoms with Crippen molar-refractivity contribution < 1.29 is 9.59 Å². The van der Waals surface area contributed by atoms with Gasteiger partial charge >= 0.3 is 11.8 Å². The molecule has 0 radical (unpaired) electrons. The van der Waals surface area contributed by atoms with Gasteiger partial charge in [0.25, 0.3) is 0 Å². The van der Waals surface area contributed by atoms with E-state index in [2.05, 4.69) is 20.8 Å². The van der Waals surface area contributed by atoms with Crippen molar-refractivity contribution in [1.82, 2.24) is 10.4 Å². The number of hydrogen-bond acceptors (Lipinski definition) is 4. The Morgan fingerprint density at radius 3 is 2.64 bits per heavy atom. The number of hydrogen-bond donors (Lipinski definition) is 2. The van der Waals surface area contributed by atoms with Crippen LogP contribution in [0.15, 0.2) is 47.7 Å². The van der Waals surface area contributed by atoms with Crippen LogP contribution in [-0.4, -0.2) is 23.0 Å². The monoisotopic (exact) mass is 336 g/mol. The van der Waals surface area contributed by atoms with Gasteiger partial charge in [0.15, 0.2) is 0 Å². The lowest BCUT2D eigenvalue weighted by Crippen LogP contribution is -2.32. The lowest BCUT2D eigenvalue weighted by molar-refractivity contribution is -0.136. The first-order valence-corrected chi connectivity index (χ1v) is 6.82. The SMILES string of the molecule is O=C(N/N=C/c1ccc(Cl)cc1Cl)C(=O)Nc1ccccn1. The molecule has 1 aromatic carbocycles. The zero-order chi connectivity index (χ0) is 15.9. The van der Waals surface area contributed by atoms with Crippen molar-refractivity contribution >= 4 is 47.0 Å². The van der Waals surface area contributed by atoms with Crippen LogP contribution < -0.4 is 10.7 Å². The molecule has 0 spiro atoms. The molecule has 1 heterocycles. The summed E-state index contributed by atoms with van der Waals surface area (Å²) in [7, 11) is 0. The first-order chi connectivity index (χ1) is 10.6. The topological polar surface area (TPSA) is 83.5 Å². The minimum atomic E-state index is -0.924. The maximum atomic E-state index is 11.6. The number of carbonyl (C=O) groups is 2. The molecule has 2 amide bonds. The molecule has 0 aliphatic carbocycles. The molecular formula is C14H10Cl2N4O2. The van der Waals surface area contributed by atoms with Gasteiger partial charge in [-0.2, -0.15) is 5.10 Å². The fourth-order valence-electron chi connectivity index (χ4n) is 1.43. The van der Waals surface area contributed by atoms with E-state index < -0.39 is 11.8 Å². The van der Waals surface area contributed by atoms with Crippen LogP contribution in [0.25, 0.3) is 0 Å². The Morgan fingerprint density at radius 2 is 1.95 bits per heavy atom. The largest absolute Gasteiger partial charge is 0.329 e. The van der Waals surface area contributed by atoms with Crippen LogP contribution in [0.3, 0.4) is 0 Å². The number of benzene rings is 1. The highest BCUT2D eigenvalue weighted by atomic mass is 35.5. The van der Waals surface area contributed by atoms with Crippen LogP contribution in [-0.2, 0) is 9.59 Å². The second kappa shape index (κ2) is 7.53. The van der Waals surface area contributed by atoms with Gasteiger partial charge in [0.05, 0.1) is 11.2 Å². The summed E-state index contributed by atoms with van der Waals surface area (Å²) in [6, 6.07) is 9.73. The molecule has 0 saturated carbocycles. The molecule has 6 nitrogen and oxygen atoms in total. The van der Waals surface area contributed by atoms with Crippen molar-refractivity contribution in [2.75, 3.05) is 5.32 Å². The van der Waals surface area contributed by atoms with Gasteiger partial charge < -0.3 is 5.32 Å². The van der Waals surface area contributed by atoms with Crippen molar-refractivity contribution in [3.8, 4) is 0 Å². The lowest BCUT2D eigenvalue weighted by Gasteiger charge is -2.02. The minimum absolute atomic E-state index is 0.271. The third kappa shape index (κ3) is 4.54. The molecule has 22 heavy (non-hydrogen) atoms. The third-order valence-electron chi connectivity index (χ3n) is 2.44. The van der Waals surface area contributed by atoms with Gasteiger partial charge in [0.1, 0.15) is 5.82 Å². The average Bonchev–Trinajstić information content (AvgIpc) is 2.50. The van der Waals surface area contributed by atoms with Crippen LogP contribution in [0.2, 0.25) is 10.0 Å². The predicted molar refractivity (Wildman–Crippen MR) is 85.1 cm³/mol. The van der Waals surface area contributed by atoms with Gasteiger partial charge in [-0.3, -0.25) is 9.59 Å². The molecule has 2 N–H and O–H groups in total. The Labute approximate surface area is 136 Å². The molecule has 0 bridgehead atoms. The first-order valence-electron chi connectivity index (χ1n) is 6.07. The highest BCUT2D eigenvalue weighted by molar-refractivity contribution is 6.39. The number of amides is 2. The van der Waals surface area contributed by atoms with E-state index in [1.165, 1.54) is 12.4 Å². The van der Waals surface area contributed by atoms with Gasteiger partial charge in [-0.15, -0.1) is 0 Å². The summed E-state index contributed by atoms with van der Waals surface area (Å²) in [6.45, 7) is 0. The number of halogens is 2. The van der Waals surface area contributed by atoms with E-state index in [0.717, 1.165) is 0 Å². The number of carbonyl (C=O) groups excluding carboxylic acids is 2. The molecule has 0 saturated heterocycles. The van der Waals surface area contributed by atoms with E-state index in [9.17, 15) is 9.59 Å². The van der Waals surface area contributed by atoms with Gasteiger partial charge in [0.2, 0.25) is 0 Å². The number of nitrogens with one attached hydrogen (secondary N) is 2. The van der Waals surface area contributed by atoms with Crippen LogP contribution >= 0.6 is 23.2 Å². The normalized spacial score (nSPS) is 10.5. The van der Waals surface area contributed by atoms with Gasteiger partial charge in [0, 0.05) is 16.8 Å². The molecule has 0 atom stereocenters. The zero-order valence-electron chi connectivity index (χ0n) is 11.1. The van der Waals surface area contributed by atoms with Gasteiger partial charge in [-0.05, 0) is 24.3 Å². The summed E-state index contributed by atoms with van der Waals surface area (Å²) in [5.74, 6) is -1.53. The number of hydrazone groups is 1. The maximum absolute atomic E-state index is 11.6. The molecule has 2 aromatic rings. The highest BCUT2D eigenvalue weighted by Crippen LogP contribution is 2.19. The number of pyridine rings is 1. The Bertz CT molecular complexity index is 720. The maximum Gasteiger partial charge on any atom is 0.329 e. The van der Waals surface area contributed by atoms with E-state index in [0.29, 0.717) is 15.6 Å². The van der Waals surface area contributed by atoms with Crippen molar-refractivity contribution in [3.05, 3.63) is 58.2 Å². The Balaban J connectivity index is 1.92. The highest BCUT2D eigenvalue weighted by Gasteiger charge is 2.13. The summed E-state index contributed by atoms with van der Waals surface area (Å²) in [6.07, 6.45) is 2.80. The Morgan fingerprint density at radius 1 is 1.14 bits per heavy atom. The van der Waals surface area contributed by atoms with Crippen LogP contribution in [0, 0.1) is 0 Å². The molecule has 0 fully saturated rings. The van der Waals surface area contributed by atoms with Crippen LogP contribution in [0.5, 0.6) is 0 Å². The van der Waals surface area contributed by atoms with Crippen molar-refractivity contribution in [3.63, 3.8) is 0 Å². The number of nitrogens with zero attached hydrogens (tertiary/aromatic N) is 2. The molecule has 112 valence electrons. The summed E-state index contributed by atoms with van der Waals surface area (Å²) in [5.41, 5.74) is 2.64. The van der Waals surface area contributed by atoms with Crippen molar-refractivity contribution in [2.24, 2.45) is 5.10 Å². The minimum Gasteiger partial charge on any atom is -0.302 e. The average molecular weight is 337 g/mol. The van der Waals surface area contributed by atoms with E-state index in [1.54, 1.807) is 36.4 Å². The molecule has 8 heteroatoms. The summed E-state index contributed by atoms with van der Waals surface area (Å²) < 4.78 is 0. The quantitative estimate of drug-likeness (QED) is 0.513. The van der Waals surface area contributed by atoms with Gasteiger partial charge in [-0.25, -0.2) is 10.4 Å². The van der Waals surface area contributed by atoms with Crippen molar-refractivity contribution in [1.29, 1.82) is 0 Å². The molecule has 1 aromatic heterocycles. The third-order valence-corrected chi connectivity index (χ3v) is 3.01. The van der Waals surface area contributed by atoms with Crippen LogP contribution in [0.4, 0.5) is 5.82 Å². The smallest absolute Gasteiger partial charge is 0.302 e. The van der Waals surface area contributed by atoms with E-state index in [4.69, 9.17) is 23.2 Å². The zero-order valence-corrected chi connectivity index (χ0v) is 12.6.